The molecule has 2 aromatic rings. The molecule has 1 aromatic carbocycles. The Hall–Kier alpha value is -1.97. The summed E-state index contributed by atoms with van der Waals surface area (Å²) in [5, 5.41) is 3.98. The van der Waals surface area contributed by atoms with Crippen LogP contribution in [0.25, 0.3) is 10.9 Å². The molecule has 1 heterocycles. The van der Waals surface area contributed by atoms with Crippen LogP contribution in [0.4, 0.5) is 4.39 Å². The van der Waals surface area contributed by atoms with Gasteiger partial charge < -0.3 is 5.32 Å². The van der Waals surface area contributed by atoms with Crippen LogP contribution in [0.15, 0.2) is 30.5 Å². The van der Waals surface area contributed by atoms with Crippen molar-refractivity contribution in [1.82, 2.24) is 10.3 Å². The zero-order chi connectivity index (χ0) is 18.3. The van der Waals surface area contributed by atoms with Crippen molar-refractivity contribution in [3.8, 4) is 0 Å². The Morgan fingerprint density at radius 1 is 1.19 bits per heavy atom. The van der Waals surface area contributed by atoms with Crippen LogP contribution in [0.3, 0.4) is 0 Å². The lowest BCUT2D eigenvalue weighted by Gasteiger charge is -2.17. The number of nitrogens with one attached hydrogen (secondary N) is 1. The largest absolute Gasteiger partial charge is 0.354 e. The van der Waals surface area contributed by atoms with Gasteiger partial charge in [-0.2, -0.15) is 0 Å². The van der Waals surface area contributed by atoms with Gasteiger partial charge in [0.2, 0.25) is 5.91 Å². The standard InChI is InChI=1S/C22H27FN2O/c1-13(2)25-22(26)9-14-7-15-10-17(11-16(15)8-14)19-5-6-24-21-4-3-18(23)12-20(19)21/h3-6,12-17H,7-11H2,1-2H3,(H,25,26)/t14-,15+,16-,17-. The van der Waals surface area contributed by atoms with Crippen molar-refractivity contribution >= 4 is 16.8 Å². The van der Waals surface area contributed by atoms with E-state index in [1.807, 2.05) is 20.0 Å². The van der Waals surface area contributed by atoms with E-state index in [4.69, 9.17) is 0 Å². The van der Waals surface area contributed by atoms with Crippen LogP contribution in [0, 0.1) is 23.6 Å². The molecule has 2 aliphatic carbocycles. The van der Waals surface area contributed by atoms with Gasteiger partial charge in [-0.15, -0.1) is 0 Å². The number of hydrogen-bond donors (Lipinski definition) is 1. The van der Waals surface area contributed by atoms with E-state index in [-0.39, 0.29) is 17.8 Å². The van der Waals surface area contributed by atoms with Gasteiger partial charge in [-0.1, -0.05) is 0 Å². The smallest absolute Gasteiger partial charge is 0.220 e. The third-order valence-electron chi connectivity index (χ3n) is 6.21. The molecule has 1 aromatic heterocycles. The molecule has 4 rings (SSSR count). The van der Waals surface area contributed by atoms with Gasteiger partial charge >= 0.3 is 0 Å². The molecule has 0 unspecified atom stereocenters. The first kappa shape index (κ1) is 17.4. The molecule has 4 heteroatoms. The number of nitrogens with zero attached hydrogens (tertiary/aromatic N) is 1. The SMILES string of the molecule is CC(C)NC(=O)C[C@H]1C[C@@H]2C[C@H](c3ccnc4ccc(F)cc34)C[C@@H]2C1. The van der Waals surface area contributed by atoms with Gasteiger partial charge in [-0.3, -0.25) is 9.78 Å². The minimum absolute atomic E-state index is 0.192. The van der Waals surface area contributed by atoms with Crippen LogP contribution in [0.5, 0.6) is 0 Å². The number of carbonyl (C=O) groups is 1. The molecular weight excluding hydrogens is 327 g/mol. The lowest BCUT2D eigenvalue weighted by molar-refractivity contribution is -0.122. The number of halogens is 1. The first-order chi connectivity index (χ1) is 12.5. The maximum absolute atomic E-state index is 13.7. The summed E-state index contributed by atoms with van der Waals surface area (Å²) in [4.78, 5) is 16.4. The minimum Gasteiger partial charge on any atom is -0.354 e. The van der Waals surface area contributed by atoms with E-state index in [2.05, 4.69) is 16.4 Å². The molecule has 2 fully saturated rings. The quantitative estimate of drug-likeness (QED) is 0.856. The molecule has 2 aliphatic rings. The van der Waals surface area contributed by atoms with Crippen molar-refractivity contribution in [1.29, 1.82) is 0 Å². The Morgan fingerprint density at radius 2 is 1.92 bits per heavy atom. The van der Waals surface area contributed by atoms with Crippen molar-refractivity contribution in [2.24, 2.45) is 17.8 Å². The number of aromatic nitrogens is 1. The van der Waals surface area contributed by atoms with Crippen LogP contribution >= 0.6 is 0 Å². The molecule has 1 N–H and O–H groups in total. The summed E-state index contributed by atoms with van der Waals surface area (Å²) in [5.74, 6) is 2.42. The highest BCUT2D eigenvalue weighted by molar-refractivity contribution is 5.82. The number of benzene rings is 1. The first-order valence-electron chi connectivity index (χ1n) is 9.83. The highest BCUT2D eigenvalue weighted by Gasteiger charge is 2.42. The third kappa shape index (κ3) is 3.46. The molecule has 3 nitrogen and oxygen atoms in total. The van der Waals surface area contributed by atoms with Crippen LogP contribution in [-0.4, -0.2) is 16.9 Å². The first-order valence-corrected chi connectivity index (χ1v) is 9.83. The van der Waals surface area contributed by atoms with E-state index in [1.54, 1.807) is 12.1 Å². The molecule has 1 amide bonds. The number of fused-ring (bicyclic) bond motifs is 2. The van der Waals surface area contributed by atoms with Gasteiger partial charge in [0.05, 0.1) is 5.52 Å². The summed E-state index contributed by atoms with van der Waals surface area (Å²) in [6.07, 6.45) is 7.14. The Morgan fingerprint density at radius 3 is 2.62 bits per heavy atom. The highest BCUT2D eigenvalue weighted by Crippen LogP contribution is 2.53. The van der Waals surface area contributed by atoms with Crippen molar-refractivity contribution < 1.29 is 9.18 Å². The Bertz CT molecular complexity index is 805. The molecule has 4 atom stereocenters. The number of rotatable bonds is 4. The number of amides is 1. The summed E-state index contributed by atoms with van der Waals surface area (Å²) in [5.41, 5.74) is 2.13. The summed E-state index contributed by atoms with van der Waals surface area (Å²) >= 11 is 0. The summed E-state index contributed by atoms with van der Waals surface area (Å²) in [6, 6.07) is 7.17. The fourth-order valence-electron chi connectivity index (χ4n) is 5.30. The van der Waals surface area contributed by atoms with E-state index >= 15 is 0 Å². The second-order valence-electron chi connectivity index (χ2n) is 8.51. The van der Waals surface area contributed by atoms with Gasteiger partial charge in [0, 0.05) is 24.0 Å². The Balaban J connectivity index is 1.44. The molecule has 2 saturated carbocycles. The highest BCUT2D eigenvalue weighted by atomic mass is 19.1. The van der Waals surface area contributed by atoms with Crippen molar-refractivity contribution in [3.05, 3.63) is 41.8 Å². The fraction of sp³-hybridized carbons (Fsp3) is 0.545. The van der Waals surface area contributed by atoms with E-state index in [0.717, 1.165) is 36.6 Å². The van der Waals surface area contributed by atoms with Crippen molar-refractivity contribution in [2.45, 2.75) is 57.9 Å². The van der Waals surface area contributed by atoms with Crippen LogP contribution in [0.1, 0.15) is 57.4 Å². The molecule has 138 valence electrons. The predicted molar refractivity (Wildman–Crippen MR) is 101 cm³/mol. The normalized spacial score (nSPS) is 27.8. The minimum atomic E-state index is -0.193. The monoisotopic (exact) mass is 354 g/mol. The Kier molecular flexibility index (Phi) is 4.68. The average molecular weight is 354 g/mol. The second kappa shape index (κ2) is 6.98. The number of hydrogen-bond acceptors (Lipinski definition) is 2. The van der Waals surface area contributed by atoms with Gasteiger partial charge in [0.1, 0.15) is 5.82 Å². The van der Waals surface area contributed by atoms with E-state index in [1.165, 1.54) is 11.6 Å². The van der Waals surface area contributed by atoms with E-state index < -0.39 is 0 Å². The predicted octanol–water partition coefficient (Wildman–Crippen LogP) is 4.81. The maximum Gasteiger partial charge on any atom is 0.220 e. The molecule has 0 bridgehead atoms. The van der Waals surface area contributed by atoms with Gasteiger partial charge in [-0.05, 0) is 93.0 Å². The van der Waals surface area contributed by atoms with Crippen LogP contribution in [0.2, 0.25) is 0 Å². The Labute approximate surface area is 154 Å². The zero-order valence-corrected chi connectivity index (χ0v) is 15.5. The maximum atomic E-state index is 13.7. The molecule has 0 spiro atoms. The molecular formula is C22H27FN2O. The average Bonchev–Trinajstić information content (AvgIpc) is 3.11. The molecule has 26 heavy (non-hydrogen) atoms. The van der Waals surface area contributed by atoms with Crippen molar-refractivity contribution in [3.63, 3.8) is 0 Å². The summed E-state index contributed by atoms with van der Waals surface area (Å²) in [7, 11) is 0. The topological polar surface area (TPSA) is 42.0 Å². The van der Waals surface area contributed by atoms with Crippen molar-refractivity contribution in [2.75, 3.05) is 0 Å². The zero-order valence-electron chi connectivity index (χ0n) is 15.5. The van der Waals surface area contributed by atoms with Crippen LogP contribution in [-0.2, 0) is 4.79 Å². The summed E-state index contributed by atoms with van der Waals surface area (Å²) in [6.45, 7) is 4.02. The third-order valence-corrected chi connectivity index (χ3v) is 6.21. The van der Waals surface area contributed by atoms with Crippen LogP contribution < -0.4 is 5.32 Å². The fourth-order valence-corrected chi connectivity index (χ4v) is 5.30. The lowest BCUT2D eigenvalue weighted by Crippen LogP contribution is -2.31. The number of pyridine rings is 1. The van der Waals surface area contributed by atoms with Gasteiger partial charge in [0.25, 0.3) is 0 Å². The van der Waals surface area contributed by atoms with Gasteiger partial charge in [-0.25, -0.2) is 4.39 Å². The lowest BCUT2D eigenvalue weighted by atomic mass is 9.89. The second-order valence-corrected chi connectivity index (χ2v) is 8.51. The molecule has 0 radical (unpaired) electrons. The summed E-state index contributed by atoms with van der Waals surface area (Å²) < 4.78 is 13.7. The number of carbonyl (C=O) groups excluding carboxylic acids is 1. The van der Waals surface area contributed by atoms with E-state index in [9.17, 15) is 9.18 Å². The van der Waals surface area contributed by atoms with Gasteiger partial charge in [0.15, 0.2) is 0 Å². The van der Waals surface area contributed by atoms with E-state index in [0.29, 0.717) is 30.1 Å². The molecule has 0 saturated heterocycles. The molecule has 0 aliphatic heterocycles.